The highest BCUT2D eigenvalue weighted by atomic mass is 32.1. The SMILES string of the molecule is COCC(=O)Nc1cc(N2C(=S)N[C@H](c3ccccn3)[C@@H]2c2cc(C)n(-c3ccc4c(c3)OCO4)c2C)ccc1OC. The van der Waals surface area contributed by atoms with Gasteiger partial charge in [-0.1, -0.05) is 6.07 Å². The minimum Gasteiger partial charge on any atom is -0.495 e. The van der Waals surface area contributed by atoms with Crippen molar-refractivity contribution in [3.05, 3.63) is 89.5 Å². The Balaban J connectivity index is 1.47. The van der Waals surface area contributed by atoms with Gasteiger partial charge in [0.25, 0.3) is 0 Å². The first-order valence-electron chi connectivity index (χ1n) is 13.5. The predicted octanol–water partition coefficient (Wildman–Crippen LogP) is 4.99. The number of carbonyl (C=O) groups excluding carboxylic acids is 1. The van der Waals surface area contributed by atoms with Crippen molar-refractivity contribution in [3.63, 3.8) is 0 Å². The lowest BCUT2D eigenvalue weighted by Gasteiger charge is -2.29. The van der Waals surface area contributed by atoms with Gasteiger partial charge in [0.05, 0.1) is 30.6 Å². The number of aromatic nitrogens is 2. The number of carbonyl (C=O) groups is 1. The molecule has 0 unspecified atom stereocenters. The molecule has 6 rings (SSSR count). The fraction of sp³-hybridized carbons (Fsp3) is 0.258. The number of anilines is 2. The summed E-state index contributed by atoms with van der Waals surface area (Å²) in [7, 11) is 3.04. The number of ether oxygens (including phenoxy) is 4. The summed E-state index contributed by atoms with van der Waals surface area (Å²) in [5.41, 5.74) is 6.33. The summed E-state index contributed by atoms with van der Waals surface area (Å²) in [5, 5.41) is 6.95. The van der Waals surface area contributed by atoms with E-state index >= 15 is 0 Å². The van der Waals surface area contributed by atoms with Gasteiger partial charge in [0, 0.05) is 42.1 Å². The first kappa shape index (κ1) is 27.6. The third-order valence-electron chi connectivity index (χ3n) is 7.51. The maximum atomic E-state index is 12.4. The molecule has 2 N–H and O–H groups in total. The molecule has 0 bridgehead atoms. The van der Waals surface area contributed by atoms with E-state index in [4.69, 9.17) is 31.2 Å². The molecule has 0 spiro atoms. The smallest absolute Gasteiger partial charge is 0.250 e. The zero-order valence-electron chi connectivity index (χ0n) is 23.7. The van der Waals surface area contributed by atoms with Crippen molar-refractivity contribution in [1.82, 2.24) is 14.9 Å². The van der Waals surface area contributed by atoms with Crippen LogP contribution in [0.15, 0.2) is 66.9 Å². The number of fused-ring (bicyclic) bond motifs is 1. The number of pyridine rings is 1. The lowest BCUT2D eigenvalue weighted by molar-refractivity contribution is -0.119. The van der Waals surface area contributed by atoms with E-state index in [-0.39, 0.29) is 31.4 Å². The maximum absolute atomic E-state index is 12.4. The molecule has 1 saturated heterocycles. The van der Waals surface area contributed by atoms with Crippen molar-refractivity contribution >= 4 is 34.6 Å². The number of methoxy groups -OCH3 is 2. The zero-order chi connectivity index (χ0) is 29.4. The van der Waals surface area contributed by atoms with Crippen LogP contribution in [0.1, 0.15) is 34.7 Å². The molecular weight excluding hydrogens is 554 g/mol. The lowest BCUT2D eigenvalue weighted by Crippen LogP contribution is -2.29. The van der Waals surface area contributed by atoms with Crippen LogP contribution in [-0.4, -0.2) is 48.2 Å². The zero-order valence-corrected chi connectivity index (χ0v) is 24.5. The quantitative estimate of drug-likeness (QED) is 0.277. The van der Waals surface area contributed by atoms with E-state index in [1.54, 1.807) is 13.3 Å². The molecule has 11 heteroatoms. The van der Waals surface area contributed by atoms with Gasteiger partial charge in [-0.15, -0.1) is 0 Å². The summed E-state index contributed by atoms with van der Waals surface area (Å²) >= 11 is 5.95. The molecule has 1 amide bonds. The largest absolute Gasteiger partial charge is 0.495 e. The number of hydrogen-bond donors (Lipinski definition) is 2. The van der Waals surface area contributed by atoms with Gasteiger partial charge in [-0.3, -0.25) is 9.78 Å². The van der Waals surface area contributed by atoms with Crippen molar-refractivity contribution in [3.8, 4) is 22.9 Å². The first-order chi connectivity index (χ1) is 20.4. The van der Waals surface area contributed by atoms with Crippen LogP contribution in [-0.2, 0) is 9.53 Å². The molecule has 4 aromatic rings. The van der Waals surface area contributed by atoms with Gasteiger partial charge in [-0.25, -0.2) is 0 Å². The minimum atomic E-state index is -0.287. The molecule has 2 aromatic heterocycles. The van der Waals surface area contributed by atoms with Gasteiger partial charge in [0.1, 0.15) is 12.4 Å². The maximum Gasteiger partial charge on any atom is 0.250 e. The Bertz CT molecular complexity index is 1660. The fourth-order valence-electron chi connectivity index (χ4n) is 5.72. The third kappa shape index (κ3) is 4.90. The molecule has 0 radical (unpaired) electrons. The van der Waals surface area contributed by atoms with Gasteiger partial charge < -0.3 is 39.0 Å². The van der Waals surface area contributed by atoms with Crippen LogP contribution in [0.25, 0.3) is 5.69 Å². The second-order valence-corrected chi connectivity index (χ2v) is 10.4. The standard InChI is InChI=1S/C31H31N5O5S/c1-18-13-22(19(2)35(18)21-9-11-26-27(15-21)41-17-40-26)30-29(23-7-5-6-12-32-23)34-31(42)36(30)20-8-10-25(39-4)24(14-20)33-28(37)16-38-3/h5-15,29-30H,16-17H2,1-4H3,(H,33,37)(H,34,42)/t29-,30+/m1/s1. The molecular formula is C31H31N5O5S. The second kappa shape index (κ2) is 11.3. The summed E-state index contributed by atoms with van der Waals surface area (Å²) in [4.78, 5) is 19.2. The van der Waals surface area contributed by atoms with E-state index in [0.29, 0.717) is 16.5 Å². The van der Waals surface area contributed by atoms with Crippen LogP contribution in [0, 0.1) is 13.8 Å². The van der Waals surface area contributed by atoms with Crippen molar-refractivity contribution < 1.29 is 23.7 Å². The highest BCUT2D eigenvalue weighted by molar-refractivity contribution is 7.80. The minimum absolute atomic E-state index is 0.0761. The second-order valence-electron chi connectivity index (χ2n) is 10.1. The lowest BCUT2D eigenvalue weighted by atomic mass is 9.96. The summed E-state index contributed by atoms with van der Waals surface area (Å²) in [6.45, 7) is 4.33. The Labute approximate surface area is 249 Å². The van der Waals surface area contributed by atoms with Crippen LogP contribution in [0.4, 0.5) is 11.4 Å². The highest BCUT2D eigenvalue weighted by Crippen LogP contribution is 2.45. The number of nitrogens with one attached hydrogen (secondary N) is 2. The molecule has 1 fully saturated rings. The third-order valence-corrected chi connectivity index (χ3v) is 7.83. The number of aryl methyl sites for hydroxylation is 1. The van der Waals surface area contributed by atoms with Gasteiger partial charge >= 0.3 is 0 Å². The number of benzene rings is 2. The number of hydrogen-bond acceptors (Lipinski definition) is 7. The van der Waals surface area contributed by atoms with E-state index in [1.807, 2.05) is 54.6 Å². The number of rotatable bonds is 8. The number of nitrogens with zero attached hydrogens (tertiary/aromatic N) is 3. The monoisotopic (exact) mass is 585 g/mol. The Hall–Kier alpha value is -4.61. The van der Waals surface area contributed by atoms with Crippen LogP contribution in [0.3, 0.4) is 0 Å². The highest BCUT2D eigenvalue weighted by Gasteiger charge is 2.42. The van der Waals surface area contributed by atoms with Gasteiger partial charge in [-0.05, 0) is 80.2 Å². The van der Waals surface area contributed by atoms with Crippen LogP contribution in [0.2, 0.25) is 0 Å². The van der Waals surface area contributed by atoms with Crippen molar-refractivity contribution in [2.45, 2.75) is 25.9 Å². The molecule has 2 aliphatic heterocycles. The van der Waals surface area contributed by atoms with Crippen molar-refractivity contribution in [1.29, 1.82) is 0 Å². The van der Waals surface area contributed by atoms with Crippen molar-refractivity contribution in [2.75, 3.05) is 37.8 Å². The van der Waals surface area contributed by atoms with E-state index in [2.05, 4.69) is 45.0 Å². The van der Waals surface area contributed by atoms with Crippen molar-refractivity contribution in [2.24, 2.45) is 0 Å². The molecule has 2 aromatic carbocycles. The molecule has 0 saturated carbocycles. The van der Waals surface area contributed by atoms with Gasteiger partial charge in [0.15, 0.2) is 16.6 Å². The number of amides is 1. The van der Waals surface area contributed by atoms with Crippen LogP contribution in [0.5, 0.6) is 17.2 Å². The van der Waals surface area contributed by atoms with Gasteiger partial charge in [0.2, 0.25) is 12.7 Å². The van der Waals surface area contributed by atoms with E-state index in [1.165, 1.54) is 7.11 Å². The Morgan fingerprint density at radius 2 is 1.88 bits per heavy atom. The van der Waals surface area contributed by atoms with Gasteiger partial charge in [-0.2, -0.15) is 0 Å². The summed E-state index contributed by atoms with van der Waals surface area (Å²) in [6, 6.07) is 19.1. The normalized spacial score (nSPS) is 17.3. The average Bonchev–Trinajstić information content (AvgIpc) is 3.68. The molecule has 216 valence electrons. The molecule has 0 aliphatic carbocycles. The van der Waals surface area contributed by atoms with E-state index < -0.39 is 0 Å². The Morgan fingerprint density at radius 3 is 2.64 bits per heavy atom. The predicted molar refractivity (Wildman–Crippen MR) is 163 cm³/mol. The molecule has 2 aliphatic rings. The average molecular weight is 586 g/mol. The molecule has 42 heavy (non-hydrogen) atoms. The molecule has 10 nitrogen and oxygen atoms in total. The van der Waals surface area contributed by atoms with Crippen LogP contribution < -0.4 is 29.7 Å². The summed E-state index contributed by atoms with van der Waals surface area (Å²) in [6.07, 6.45) is 1.78. The fourth-order valence-corrected chi connectivity index (χ4v) is 6.06. The topological polar surface area (TPSA) is 99.1 Å². The summed E-state index contributed by atoms with van der Waals surface area (Å²) < 4.78 is 23.9. The van der Waals surface area contributed by atoms with E-state index in [9.17, 15) is 4.79 Å². The first-order valence-corrected chi connectivity index (χ1v) is 13.9. The Morgan fingerprint density at radius 1 is 1.07 bits per heavy atom. The molecule has 4 heterocycles. The van der Waals surface area contributed by atoms with Crippen LogP contribution >= 0.6 is 12.2 Å². The number of thiocarbonyl (C=S) groups is 1. The molecule has 2 atom stereocenters. The summed E-state index contributed by atoms with van der Waals surface area (Å²) in [5.74, 6) is 1.70. The van der Waals surface area contributed by atoms with E-state index in [0.717, 1.165) is 45.5 Å². The Kier molecular flexibility index (Phi) is 7.44.